The number of carbonyl (C=O) groups excluding carboxylic acids is 1. The van der Waals surface area contributed by atoms with Gasteiger partial charge < -0.3 is 29.2 Å². The van der Waals surface area contributed by atoms with Crippen LogP contribution in [0.2, 0.25) is 0 Å². The SMILES string of the molecule is COC(COC(=O)c1cccc(C(=O)O)c1C(=O)O)(OC)OC. The van der Waals surface area contributed by atoms with E-state index in [-0.39, 0.29) is 0 Å². The van der Waals surface area contributed by atoms with E-state index in [4.69, 9.17) is 29.2 Å². The Labute approximate surface area is 131 Å². The lowest BCUT2D eigenvalue weighted by molar-refractivity contribution is -0.363. The van der Waals surface area contributed by atoms with E-state index in [0.717, 1.165) is 12.1 Å². The number of carbonyl (C=O) groups is 3. The first-order valence-corrected chi connectivity index (χ1v) is 6.24. The van der Waals surface area contributed by atoms with E-state index in [2.05, 4.69) is 0 Å². The summed E-state index contributed by atoms with van der Waals surface area (Å²) in [4.78, 5) is 34.5. The van der Waals surface area contributed by atoms with Gasteiger partial charge >= 0.3 is 23.9 Å². The fraction of sp³-hybridized carbons (Fsp3) is 0.357. The molecule has 0 heterocycles. The summed E-state index contributed by atoms with van der Waals surface area (Å²) in [7, 11) is 3.78. The van der Waals surface area contributed by atoms with Gasteiger partial charge in [-0.15, -0.1) is 0 Å². The van der Waals surface area contributed by atoms with Gasteiger partial charge in [-0.1, -0.05) is 6.07 Å². The van der Waals surface area contributed by atoms with Crippen LogP contribution in [-0.4, -0.2) is 62.0 Å². The largest absolute Gasteiger partial charge is 0.478 e. The predicted octanol–water partition coefficient (Wildman–Crippen LogP) is 0.833. The topological polar surface area (TPSA) is 129 Å². The molecule has 9 nitrogen and oxygen atoms in total. The summed E-state index contributed by atoms with van der Waals surface area (Å²) in [6.45, 7) is -0.494. The summed E-state index contributed by atoms with van der Waals surface area (Å²) in [5, 5.41) is 18.2. The lowest BCUT2D eigenvalue weighted by Gasteiger charge is -2.27. The van der Waals surface area contributed by atoms with Crippen molar-refractivity contribution in [2.45, 2.75) is 5.97 Å². The number of methoxy groups -OCH3 is 3. The number of esters is 1. The summed E-state index contributed by atoms with van der Waals surface area (Å²) < 4.78 is 19.7. The molecule has 1 aromatic rings. The molecule has 1 aromatic carbocycles. The molecule has 0 aliphatic heterocycles. The molecule has 0 fully saturated rings. The summed E-state index contributed by atoms with van der Waals surface area (Å²) in [6, 6.07) is 3.46. The van der Waals surface area contributed by atoms with Crippen LogP contribution in [-0.2, 0) is 18.9 Å². The molecule has 0 aliphatic rings. The van der Waals surface area contributed by atoms with Gasteiger partial charge in [-0.3, -0.25) is 0 Å². The maximum absolute atomic E-state index is 12.1. The van der Waals surface area contributed by atoms with Crippen LogP contribution in [0, 0.1) is 0 Å². The summed E-state index contributed by atoms with van der Waals surface area (Å²) in [5.41, 5.74) is -1.60. The van der Waals surface area contributed by atoms with Gasteiger partial charge in [0, 0.05) is 21.3 Å². The van der Waals surface area contributed by atoms with Crippen LogP contribution in [0.15, 0.2) is 18.2 Å². The molecule has 0 amide bonds. The molecule has 0 aromatic heterocycles. The first-order chi connectivity index (χ1) is 10.8. The summed E-state index contributed by atoms with van der Waals surface area (Å²) >= 11 is 0. The first kappa shape index (κ1) is 18.6. The van der Waals surface area contributed by atoms with Crippen molar-refractivity contribution in [3.63, 3.8) is 0 Å². The maximum atomic E-state index is 12.1. The van der Waals surface area contributed by atoms with Gasteiger partial charge in [0.2, 0.25) is 0 Å². The van der Waals surface area contributed by atoms with Crippen LogP contribution in [0.1, 0.15) is 31.1 Å². The van der Waals surface area contributed by atoms with Crippen molar-refractivity contribution in [1.29, 1.82) is 0 Å². The van der Waals surface area contributed by atoms with E-state index in [1.54, 1.807) is 0 Å². The molecule has 1 rings (SSSR count). The molecule has 0 bridgehead atoms. The molecular formula is C14H16O9. The molecule has 0 saturated carbocycles. The van der Waals surface area contributed by atoms with Gasteiger partial charge in [0.25, 0.3) is 0 Å². The highest BCUT2D eigenvalue weighted by Crippen LogP contribution is 2.19. The van der Waals surface area contributed by atoms with Crippen LogP contribution in [0.4, 0.5) is 0 Å². The number of aromatic carboxylic acids is 2. The fourth-order valence-corrected chi connectivity index (χ4v) is 1.79. The Bertz CT molecular complexity index is 596. The van der Waals surface area contributed by atoms with Crippen molar-refractivity contribution in [1.82, 2.24) is 0 Å². The highest BCUT2D eigenvalue weighted by atomic mass is 16.9. The molecule has 9 heteroatoms. The second-order valence-electron chi connectivity index (χ2n) is 4.21. The van der Waals surface area contributed by atoms with E-state index in [9.17, 15) is 14.4 Å². The van der Waals surface area contributed by atoms with Crippen LogP contribution < -0.4 is 0 Å². The zero-order chi connectivity index (χ0) is 17.6. The normalized spacial score (nSPS) is 11.1. The number of carboxylic acids is 2. The van der Waals surface area contributed by atoms with Gasteiger partial charge in [0.05, 0.1) is 16.7 Å². The molecule has 0 saturated heterocycles. The van der Waals surface area contributed by atoms with E-state index < -0.39 is 47.2 Å². The Morgan fingerprint density at radius 1 is 0.957 bits per heavy atom. The highest BCUT2D eigenvalue weighted by Gasteiger charge is 2.33. The number of carboxylic acid groups (broad SMARTS) is 2. The Morgan fingerprint density at radius 3 is 1.91 bits per heavy atom. The van der Waals surface area contributed by atoms with Crippen LogP contribution in [0.3, 0.4) is 0 Å². The van der Waals surface area contributed by atoms with Gasteiger partial charge in [0.1, 0.15) is 0 Å². The van der Waals surface area contributed by atoms with Gasteiger partial charge in [-0.2, -0.15) is 0 Å². The van der Waals surface area contributed by atoms with Crippen molar-refractivity contribution >= 4 is 17.9 Å². The van der Waals surface area contributed by atoms with Crippen LogP contribution in [0.5, 0.6) is 0 Å². The van der Waals surface area contributed by atoms with Crippen LogP contribution >= 0.6 is 0 Å². The van der Waals surface area contributed by atoms with Crippen molar-refractivity contribution in [3.05, 3.63) is 34.9 Å². The molecule has 0 aliphatic carbocycles. The van der Waals surface area contributed by atoms with Crippen molar-refractivity contribution in [3.8, 4) is 0 Å². The number of hydrogen-bond donors (Lipinski definition) is 2. The lowest BCUT2D eigenvalue weighted by atomic mass is 10.0. The number of benzene rings is 1. The second kappa shape index (κ2) is 7.68. The third-order valence-electron chi connectivity index (χ3n) is 3.04. The third-order valence-corrected chi connectivity index (χ3v) is 3.04. The minimum Gasteiger partial charge on any atom is -0.478 e. The predicted molar refractivity (Wildman–Crippen MR) is 74.4 cm³/mol. The van der Waals surface area contributed by atoms with E-state index in [1.807, 2.05) is 0 Å². The standard InChI is InChI=1S/C14H16O9/c1-20-14(21-2,22-3)7-23-13(19)9-6-4-5-8(11(15)16)10(9)12(17)18/h4-6H,7H2,1-3H3,(H,15,16)(H,17,18). The molecule has 0 atom stereocenters. The molecule has 0 spiro atoms. The zero-order valence-corrected chi connectivity index (χ0v) is 12.7. The minimum atomic E-state index is -1.65. The number of rotatable bonds is 8. The summed E-state index contributed by atoms with van der Waals surface area (Å²) in [5.74, 6) is -5.74. The molecule has 126 valence electrons. The van der Waals surface area contributed by atoms with Crippen LogP contribution in [0.25, 0.3) is 0 Å². The molecular weight excluding hydrogens is 312 g/mol. The average molecular weight is 328 g/mol. The Hall–Kier alpha value is -2.49. The third kappa shape index (κ3) is 4.03. The van der Waals surface area contributed by atoms with Crippen molar-refractivity contribution in [2.75, 3.05) is 27.9 Å². The minimum absolute atomic E-state index is 0.408. The van der Waals surface area contributed by atoms with E-state index in [1.165, 1.54) is 27.4 Å². The molecule has 0 radical (unpaired) electrons. The van der Waals surface area contributed by atoms with E-state index >= 15 is 0 Å². The molecule has 2 N–H and O–H groups in total. The maximum Gasteiger partial charge on any atom is 0.339 e. The monoisotopic (exact) mass is 328 g/mol. The smallest absolute Gasteiger partial charge is 0.339 e. The number of hydrogen-bond acceptors (Lipinski definition) is 7. The quantitative estimate of drug-likeness (QED) is 0.526. The molecule has 0 unspecified atom stereocenters. The highest BCUT2D eigenvalue weighted by molar-refractivity contribution is 6.09. The Morgan fingerprint density at radius 2 is 1.48 bits per heavy atom. The van der Waals surface area contributed by atoms with Gasteiger partial charge in [-0.05, 0) is 12.1 Å². The summed E-state index contributed by atoms with van der Waals surface area (Å²) in [6.07, 6.45) is 0. The van der Waals surface area contributed by atoms with Crippen molar-refractivity contribution < 1.29 is 43.5 Å². The lowest BCUT2D eigenvalue weighted by Crippen LogP contribution is -2.41. The van der Waals surface area contributed by atoms with Crippen molar-refractivity contribution in [2.24, 2.45) is 0 Å². The van der Waals surface area contributed by atoms with E-state index in [0.29, 0.717) is 0 Å². The fourth-order valence-electron chi connectivity index (χ4n) is 1.79. The second-order valence-corrected chi connectivity index (χ2v) is 4.21. The zero-order valence-electron chi connectivity index (χ0n) is 12.7. The molecule has 23 heavy (non-hydrogen) atoms. The number of ether oxygens (including phenoxy) is 4. The Kier molecular flexibility index (Phi) is 6.19. The Balaban J connectivity index is 3.12. The van der Waals surface area contributed by atoms with Gasteiger partial charge in [0.15, 0.2) is 6.61 Å². The van der Waals surface area contributed by atoms with Gasteiger partial charge in [-0.25, -0.2) is 14.4 Å². The first-order valence-electron chi connectivity index (χ1n) is 6.24. The average Bonchev–Trinajstić information content (AvgIpc) is 2.55.